The van der Waals surface area contributed by atoms with Gasteiger partial charge in [0.2, 0.25) is 11.7 Å². The molecule has 2 aromatic carbocycles. The topological polar surface area (TPSA) is 92.7 Å². The smallest absolute Gasteiger partial charge is 0.342 e. The average Bonchev–Trinajstić information content (AvgIpc) is 3.15. The lowest BCUT2D eigenvalue weighted by molar-refractivity contribution is -0.118. The van der Waals surface area contributed by atoms with Crippen molar-refractivity contribution < 1.29 is 24.2 Å². The molecule has 0 aliphatic rings. The van der Waals surface area contributed by atoms with Gasteiger partial charge in [-0.25, -0.2) is 4.79 Å². The fourth-order valence-electron chi connectivity index (χ4n) is 2.72. The maximum Gasteiger partial charge on any atom is 0.342 e. The van der Waals surface area contributed by atoms with Crippen LogP contribution in [0.3, 0.4) is 0 Å². The van der Waals surface area contributed by atoms with Crippen molar-refractivity contribution in [3.63, 3.8) is 0 Å². The van der Waals surface area contributed by atoms with E-state index in [4.69, 9.17) is 4.74 Å². The lowest BCUT2D eigenvalue weighted by atomic mass is 10.1. The molecule has 1 aromatic heterocycles. The minimum Gasteiger partial charge on any atom is -0.506 e. The molecule has 0 saturated carbocycles. The molecule has 3 rings (SSSR count). The predicted molar refractivity (Wildman–Crippen MR) is 107 cm³/mol. The minimum absolute atomic E-state index is 0.0219. The summed E-state index contributed by atoms with van der Waals surface area (Å²) in [7, 11) is 0. The highest BCUT2D eigenvalue weighted by molar-refractivity contribution is 7.14. The number of fused-ring (bicyclic) bond motifs is 1. The van der Waals surface area contributed by atoms with Crippen LogP contribution >= 0.6 is 11.3 Å². The maximum absolute atomic E-state index is 12.3. The Labute approximate surface area is 165 Å². The molecule has 0 fully saturated rings. The Morgan fingerprint density at radius 3 is 2.64 bits per heavy atom. The molecule has 28 heavy (non-hydrogen) atoms. The molecule has 0 aliphatic heterocycles. The summed E-state index contributed by atoms with van der Waals surface area (Å²) < 4.78 is 5.10. The fraction of sp³-hybridized carbons (Fsp3) is 0.190. The number of ketones is 1. The van der Waals surface area contributed by atoms with Crippen LogP contribution in [0.2, 0.25) is 0 Å². The number of aromatic hydroxyl groups is 1. The van der Waals surface area contributed by atoms with Crippen LogP contribution in [0.1, 0.15) is 31.8 Å². The largest absolute Gasteiger partial charge is 0.506 e. The second-order valence-electron chi connectivity index (χ2n) is 6.18. The van der Waals surface area contributed by atoms with Crippen LogP contribution in [0.25, 0.3) is 10.8 Å². The molecule has 1 heterocycles. The van der Waals surface area contributed by atoms with E-state index in [1.54, 1.807) is 24.3 Å². The molecule has 0 aliphatic carbocycles. The van der Waals surface area contributed by atoms with Crippen molar-refractivity contribution in [2.75, 3.05) is 13.2 Å². The summed E-state index contributed by atoms with van der Waals surface area (Å²) in [5, 5.41) is 14.4. The molecular weight excluding hydrogens is 378 g/mol. The van der Waals surface area contributed by atoms with Gasteiger partial charge in [-0.1, -0.05) is 30.3 Å². The van der Waals surface area contributed by atoms with Crippen molar-refractivity contribution >= 4 is 39.8 Å². The second kappa shape index (κ2) is 8.67. The van der Waals surface area contributed by atoms with Gasteiger partial charge in [0.15, 0.2) is 6.61 Å². The highest BCUT2D eigenvalue weighted by Crippen LogP contribution is 2.29. The van der Waals surface area contributed by atoms with Crippen LogP contribution in [-0.2, 0) is 16.0 Å². The summed E-state index contributed by atoms with van der Waals surface area (Å²) in [6.07, 6.45) is 0.627. The molecule has 0 saturated heterocycles. The standard InChI is InChI=1S/C21H19NO5S/c1-13(23)22-11-10-15-7-9-19(28-15)18(24)12-27-21(26)17-8-6-14-4-2-3-5-16(14)20(17)25/h2-9,25H,10-12H2,1H3,(H,22,23). The normalized spacial score (nSPS) is 10.6. The van der Waals surface area contributed by atoms with Gasteiger partial charge in [-0.2, -0.15) is 0 Å². The molecule has 7 heteroatoms. The number of hydrogen-bond acceptors (Lipinski definition) is 6. The Bertz CT molecular complexity index is 1040. The number of thiophene rings is 1. The zero-order valence-corrected chi connectivity index (χ0v) is 16.0. The number of carbonyl (C=O) groups excluding carboxylic acids is 3. The molecule has 144 valence electrons. The Hall–Kier alpha value is -3.19. The third kappa shape index (κ3) is 4.55. The summed E-state index contributed by atoms with van der Waals surface area (Å²) in [5.41, 5.74) is 0.0219. The number of esters is 1. The van der Waals surface area contributed by atoms with Gasteiger partial charge in [0.05, 0.1) is 4.88 Å². The van der Waals surface area contributed by atoms with E-state index < -0.39 is 12.6 Å². The van der Waals surface area contributed by atoms with Crippen LogP contribution in [-0.4, -0.2) is 35.9 Å². The Morgan fingerprint density at radius 1 is 1.07 bits per heavy atom. The minimum atomic E-state index is -0.751. The molecule has 1 amide bonds. The van der Waals surface area contributed by atoms with Crippen molar-refractivity contribution in [2.24, 2.45) is 0 Å². The highest BCUT2D eigenvalue weighted by Gasteiger charge is 2.18. The summed E-state index contributed by atoms with van der Waals surface area (Å²) in [6, 6.07) is 13.8. The number of Topliss-reactive ketones (excluding diaryl/α,β-unsaturated/α-hetero) is 1. The first-order valence-corrected chi connectivity index (χ1v) is 9.51. The number of nitrogens with one attached hydrogen (secondary N) is 1. The first kappa shape index (κ1) is 19.6. The van der Waals surface area contributed by atoms with Crippen molar-refractivity contribution in [1.29, 1.82) is 0 Å². The molecule has 2 N–H and O–H groups in total. The zero-order chi connectivity index (χ0) is 20.1. The van der Waals surface area contributed by atoms with Crippen LogP contribution in [0.5, 0.6) is 5.75 Å². The molecule has 0 spiro atoms. The zero-order valence-electron chi connectivity index (χ0n) is 15.2. The third-order valence-electron chi connectivity index (χ3n) is 4.14. The molecular formula is C21H19NO5S. The number of phenols is 1. The van der Waals surface area contributed by atoms with Gasteiger partial charge in [-0.05, 0) is 30.0 Å². The van der Waals surface area contributed by atoms with E-state index in [2.05, 4.69) is 5.32 Å². The Morgan fingerprint density at radius 2 is 1.86 bits per heavy atom. The van der Waals surface area contributed by atoms with Crippen molar-refractivity contribution in [3.8, 4) is 5.75 Å². The molecule has 0 atom stereocenters. The Balaban J connectivity index is 1.60. The highest BCUT2D eigenvalue weighted by atomic mass is 32.1. The van der Waals surface area contributed by atoms with E-state index in [0.29, 0.717) is 23.2 Å². The summed E-state index contributed by atoms with van der Waals surface area (Å²) in [5.74, 6) is -1.33. The van der Waals surface area contributed by atoms with E-state index in [1.807, 2.05) is 18.2 Å². The summed E-state index contributed by atoms with van der Waals surface area (Å²) in [6.45, 7) is 1.54. The van der Waals surface area contributed by atoms with Gasteiger partial charge < -0.3 is 15.2 Å². The quantitative estimate of drug-likeness (QED) is 0.471. The van der Waals surface area contributed by atoms with E-state index in [-0.39, 0.29) is 23.0 Å². The van der Waals surface area contributed by atoms with E-state index >= 15 is 0 Å². The molecule has 0 bridgehead atoms. The number of phenolic OH excluding ortho intramolecular Hbond substituents is 1. The van der Waals surface area contributed by atoms with Gasteiger partial charge >= 0.3 is 5.97 Å². The van der Waals surface area contributed by atoms with Crippen molar-refractivity contribution in [3.05, 3.63) is 63.8 Å². The number of carbonyl (C=O) groups is 3. The van der Waals surface area contributed by atoms with Crippen molar-refractivity contribution in [1.82, 2.24) is 5.32 Å². The first-order valence-electron chi connectivity index (χ1n) is 8.70. The lowest BCUT2D eigenvalue weighted by Gasteiger charge is -2.08. The van der Waals surface area contributed by atoms with Crippen LogP contribution in [0.4, 0.5) is 0 Å². The van der Waals surface area contributed by atoms with Gasteiger partial charge in [0.1, 0.15) is 11.3 Å². The average molecular weight is 397 g/mol. The lowest BCUT2D eigenvalue weighted by Crippen LogP contribution is -2.22. The van der Waals surface area contributed by atoms with Gasteiger partial charge in [-0.3, -0.25) is 9.59 Å². The molecule has 6 nitrogen and oxygen atoms in total. The summed E-state index contributed by atoms with van der Waals surface area (Å²) >= 11 is 1.30. The summed E-state index contributed by atoms with van der Waals surface area (Å²) in [4.78, 5) is 36.9. The van der Waals surface area contributed by atoms with E-state index in [1.165, 1.54) is 24.3 Å². The third-order valence-corrected chi connectivity index (χ3v) is 5.32. The number of ether oxygens (including phenoxy) is 1. The van der Waals surface area contributed by atoms with Gasteiger partial charge in [0, 0.05) is 23.7 Å². The number of benzene rings is 2. The second-order valence-corrected chi connectivity index (χ2v) is 7.35. The van der Waals surface area contributed by atoms with Crippen LogP contribution in [0, 0.1) is 0 Å². The number of hydrogen-bond donors (Lipinski definition) is 2. The molecule has 3 aromatic rings. The van der Waals surface area contributed by atoms with Gasteiger partial charge in [0.25, 0.3) is 0 Å². The number of amides is 1. The van der Waals surface area contributed by atoms with Crippen molar-refractivity contribution in [2.45, 2.75) is 13.3 Å². The number of rotatable bonds is 7. The van der Waals surface area contributed by atoms with E-state index in [9.17, 15) is 19.5 Å². The monoisotopic (exact) mass is 397 g/mol. The van der Waals surface area contributed by atoms with E-state index in [0.717, 1.165) is 10.3 Å². The Kier molecular flexibility index (Phi) is 6.06. The molecule has 0 radical (unpaired) electrons. The van der Waals surface area contributed by atoms with Gasteiger partial charge in [-0.15, -0.1) is 11.3 Å². The van der Waals surface area contributed by atoms with Crippen LogP contribution < -0.4 is 5.32 Å². The predicted octanol–water partition coefficient (Wildman–Crippen LogP) is 3.33. The SMILES string of the molecule is CC(=O)NCCc1ccc(C(=O)COC(=O)c2ccc3ccccc3c2O)s1. The first-order chi connectivity index (χ1) is 13.5. The maximum atomic E-state index is 12.3. The fourth-order valence-corrected chi connectivity index (χ4v) is 3.66. The van der Waals surface area contributed by atoms with Crippen LogP contribution in [0.15, 0.2) is 48.5 Å². The molecule has 0 unspecified atom stereocenters.